The Hall–Kier alpha value is -3.16. The zero-order valence-electron chi connectivity index (χ0n) is 12.4. The molecule has 0 bridgehead atoms. The molecule has 0 aliphatic rings. The van der Waals surface area contributed by atoms with E-state index in [9.17, 15) is 19.2 Å². The van der Waals surface area contributed by atoms with Crippen molar-refractivity contribution in [2.75, 3.05) is 5.32 Å². The minimum Gasteiger partial charge on any atom is -0.366 e. The Morgan fingerprint density at radius 3 is 2.35 bits per heavy atom. The van der Waals surface area contributed by atoms with Crippen LogP contribution >= 0.6 is 0 Å². The second-order valence-corrected chi connectivity index (χ2v) is 5.00. The summed E-state index contributed by atoms with van der Waals surface area (Å²) in [4.78, 5) is 50.3. The lowest BCUT2D eigenvalue weighted by Gasteiger charge is -2.06. The molecule has 1 heterocycles. The Labute approximate surface area is 130 Å². The number of aromatic amines is 2. The molecular formula is C15H16N4O4. The van der Waals surface area contributed by atoms with Crippen LogP contribution in [0.1, 0.15) is 28.0 Å². The van der Waals surface area contributed by atoms with Gasteiger partial charge in [-0.05, 0) is 37.6 Å². The van der Waals surface area contributed by atoms with Gasteiger partial charge in [0.2, 0.25) is 11.8 Å². The van der Waals surface area contributed by atoms with Gasteiger partial charge in [-0.25, -0.2) is 4.79 Å². The van der Waals surface area contributed by atoms with Crippen LogP contribution in [0.25, 0.3) is 0 Å². The van der Waals surface area contributed by atoms with Crippen molar-refractivity contribution in [3.05, 3.63) is 61.9 Å². The summed E-state index contributed by atoms with van der Waals surface area (Å²) >= 11 is 0. The SMILES string of the molecule is Cc1[nH]c(=O)[nH]c(=O)c1CCC(=O)Nc1ccc(C(N)=O)cc1. The van der Waals surface area contributed by atoms with Crippen molar-refractivity contribution in [2.24, 2.45) is 5.73 Å². The van der Waals surface area contributed by atoms with Gasteiger partial charge in [-0.3, -0.25) is 19.4 Å². The molecule has 0 aliphatic carbocycles. The number of amides is 2. The summed E-state index contributed by atoms with van der Waals surface area (Å²) < 4.78 is 0. The average Bonchev–Trinajstić information content (AvgIpc) is 2.46. The maximum Gasteiger partial charge on any atom is 0.325 e. The monoisotopic (exact) mass is 316 g/mol. The molecule has 0 saturated carbocycles. The van der Waals surface area contributed by atoms with Crippen LogP contribution in [-0.4, -0.2) is 21.8 Å². The topological polar surface area (TPSA) is 138 Å². The van der Waals surface area contributed by atoms with E-state index in [4.69, 9.17) is 5.73 Å². The van der Waals surface area contributed by atoms with E-state index in [1.165, 1.54) is 12.1 Å². The number of carbonyl (C=O) groups is 2. The molecule has 0 unspecified atom stereocenters. The van der Waals surface area contributed by atoms with E-state index in [0.29, 0.717) is 22.5 Å². The Kier molecular flexibility index (Phi) is 4.75. The number of nitrogens with one attached hydrogen (secondary N) is 3. The predicted octanol–water partition coefficient (Wildman–Crippen LogP) is 0.0418. The molecule has 0 aliphatic heterocycles. The highest BCUT2D eigenvalue weighted by molar-refractivity contribution is 5.94. The third kappa shape index (κ3) is 4.16. The van der Waals surface area contributed by atoms with Gasteiger partial charge >= 0.3 is 5.69 Å². The average molecular weight is 316 g/mol. The van der Waals surface area contributed by atoms with Gasteiger partial charge < -0.3 is 16.0 Å². The maximum atomic E-state index is 11.9. The van der Waals surface area contributed by atoms with E-state index in [2.05, 4.69) is 15.3 Å². The molecule has 2 amide bonds. The molecule has 0 saturated heterocycles. The maximum absolute atomic E-state index is 11.9. The molecule has 2 aromatic rings. The highest BCUT2D eigenvalue weighted by atomic mass is 16.2. The number of anilines is 1. The fourth-order valence-corrected chi connectivity index (χ4v) is 2.11. The predicted molar refractivity (Wildman–Crippen MR) is 84.3 cm³/mol. The molecule has 1 aromatic heterocycles. The Bertz CT molecular complexity index is 849. The molecule has 0 spiro atoms. The van der Waals surface area contributed by atoms with Crippen LogP contribution in [0.4, 0.5) is 5.69 Å². The van der Waals surface area contributed by atoms with Crippen LogP contribution in [0.3, 0.4) is 0 Å². The van der Waals surface area contributed by atoms with Crippen molar-refractivity contribution < 1.29 is 9.59 Å². The van der Waals surface area contributed by atoms with E-state index in [0.717, 1.165) is 0 Å². The number of nitrogens with two attached hydrogens (primary N) is 1. The summed E-state index contributed by atoms with van der Waals surface area (Å²) in [7, 11) is 0. The van der Waals surface area contributed by atoms with E-state index in [1.807, 2.05) is 0 Å². The van der Waals surface area contributed by atoms with Gasteiger partial charge in [0.25, 0.3) is 5.56 Å². The van der Waals surface area contributed by atoms with Crippen molar-refractivity contribution in [1.29, 1.82) is 0 Å². The highest BCUT2D eigenvalue weighted by Gasteiger charge is 2.09. The second-order valence-electron chi connectivity index (χ2n) is 5.00. The van der Waals surface area contributed by atoms with Gasteiger partial charge in [-0.2, -0.15) is 0 Å². The standard InChI is InChI=1S/C15H16N4O4/c1-8-11(14(22)19-15(23)17-8)6-7-12(20)18-10-4-2-9(3-5-10)13(16)21/h2-5H,6-7H2,1H3,(H2,16,21)(H,18,20)(H2,17,19,22,23). The van der Waals surface area contributed by atoms with Crippen LogP contribution < -0.4 is 22.3 Å². The van der Waals surface area contributed by atoms with Crippen molar-refractivity contribution >= 4 is 17.5 Å². The van der Waals surface area contributed by atoms with Gasteiger partial charge in [0.1, 0.15) is 0 Å². The molecule has 23 heavy (non-hydrogen) atoms. The highest BCUT2D eigenvalue weighted by Crippen LogP contribution is 2.10. The number of rotatable bonds is 5. The fraction of sp³-hybridized carbons (Fsp3) is 0.200. The first-order chi connectivity index (χ1) is 10.9. The third-order valence-electron chi connectivity index (χ3n) is 3.31. The number of carbonyl (C=O) groups excluding carboxylic acids is 2. The van der Waals surface area contributed by atoms with Crippen molar-refractivity contribution in [1.82, 2.24) is 9.97 Å². The fourth-order valence-electron chi connectivity index (χ4n) is 2.11. The summed E-state index contributed by atoms with van der Waals surface area (Å²) in [6.07, 6.45) is 0.274. The molecule has 120 valence electrons. The quantitative estimate of drug-likeness (QED) is 0.618. The van der Waals surface area contributed by atoms with Crippen LogP contribution in [0.5, 0.6) is 0 Å². The van der Waals surface area contributed by atoms with Gasteiger partial charge in [0.05, 0.1) is 0 Å². The van der Waals surface area contributed by atoms with E-state index in [1.54, 1.807) is 19.1 Å². The number of H-pyrrole nitrogens is 2. The van der Waals surface area contributed by atoms with E-state index >= 15 is 0 Å². The number of benzene rings is 1. The summed E-state index contributed by atoms with van der Waals surface area (Å²) in [5.41, 5.74) is 5.74. The van der Waals surface area contributed by atoms with Crippen LogP contribution in [-0.2, 0) is 11.2 Å². The zero-order valence-corrected chi connectivity index (χ0v) is 12.4. The third-order valence-corrected chi connectivity index (χ3v) is 3.31. The molecule has 8 nitrogen and oxygen atoms in total. The molecule has 8 heteroatoms. The molecule has 0 atom stereocenters. The van der Waals surface area contributed by atoms with Crippen molar-refractivity contribution in [2.45, 2.75) is 19.8 Å². The first kappa shape index (κ1) is 16.2. The number of aromatic nitrogens is 2. The Morgan fingerprint density at radius 1 is 1.13 bits per heavy atom. The molecule has 0 radical (unpaired) electrons. The van der Waals surface area contributed by atoms with E-state index in [-0.39, 0.29) is 18.7 Å². The molecular weight excluding hydrogens is 300 g/mol. The first-order valence-corrected chi connectivity index (χ1v) is 6.88. The van der Waals surface area contributed by atoms with Gasteiger partial charge in [-0.15, -0.1) is 0 Å². The lowest BCUT2D eigenvalue weighted by Crippen LogP contribution is -2.27. The summed E-state index contributed by atoms with van der Waals surface area (Å²) in [6, 6.07) is 6.15. The summed E-state index contributed by atoms with van der Waals surface area (Å²) in [5.74, 6) is -0.836. The molecule has 0 fully saturated rings. The van der Waals surface area contributed by atoms with Gasteiger partial charge in [0, 0.05) is 28.9 Å². The largest absolute Gasteiger partial charge is 0.366 e. The minimum absolute atomic E-state index is 0.0769. The van der Waals surface area contributed by atoms with Crippen LogP contribution in [0.2, 0.25) is 0 Å². The van der Waals surface area contributed by atoms with Gasteiger partial charge in [0.15, 0.2) is 0 Å². The van der Waals surface area contributed by atoms with Gasteiger partial charge in [-0.1, -0.05) is 0 Å². The number of aryl methyl sites for hydroxylation is 1. The Balaban J connectivity index is 1.99. The van der Waals surface area contributed by atoms with Crippen LogP contribution in [0, 0.1) is 6.92 Å². The lowest BCUT2D eigenvalue weighted by molar-refractivity contribution is -0.116. The summed E-state index contributed by atoms with van der Waals surface area (Å²) in [6.45, 7) is 1.60. The summed E-state index contributed by atoms with van der Waals surface area (Å²) in [5, 5.41) is 2.65. The molecule has 5 N–H and O–H groups in total. The number of primary amides is 1. The van der Waals surface area contributed by atoms with Crippen LogP contribution in [0.15, 0.2) is 33.9 Å². The second kappa shape index (κ2) is 6.73. The molecule has 1 aromatic carbocycles. The number of hydrogen-bond acceptors (Lipinski definition) is 4. The first-order valence-electron chi connectivity index (χ1n) is 6.88. The molecule has 2 rings (SSSR count). The van der Waals surface area contributed by atoms with Crippen molar-refractivity contribution in [3.8, 4) is 0 Å². The van der Waals surface area contributed by atoms with Crippen molar-refractivity contribution in [3.63, 3.8) is 0 Å². The number of hydrogen-bond donors (Lipinski definition) is 4. The smallest absolute Gasteiger partial charge is 0.325 e. The van der Waals surface area contributed by atoms with E-state index < -0.39 is 17.2 Å². The Morgan fingerprint density at radius 2 is 1.78 bits per heavy atom. The zero-order chi connectivity index (χ0) is 17.0. The minimum atomic E-state index is -0.574. The normalized spacial score (nSPS) is 10.3. The lowest BCUT2D eigenvalue weighted by atomic mass is 10.1.